The van der Waals surface area contributed by atoms with Gasteiger partial charge in [0.1, 0.15) is 17.2 Å². The van der Waals surface area contributed by atoms with Crippen molar-refractivity contribution in [2.24, 2.45) is 0 Å². The maximum atomic E-state index is 14.2. The molecule has 0 atom stereocenters. The predicted octanol–water partition coefficient (Wildman–Crippen LogP) is 5.39. The van der Waals surface area contributed by atoms with Crippen LogP contribution in [0.4, 0.5) is 4.39 Å². The average Bonchev–Trinajstić information content (AvgIpc) is 3.19. The number of aryl methyl sites for hydroxylation is 1. The molecule has 0 aliphatic heterocycles. The fourth-order valence-electron chi connectivity index (χ4n) is 4.08. The first-order valence-electron chi connectivity index (χ1n) is 11.3. The molecule has 0 spiro atoms. The molecule has 1 aromatic carbocycles. The predicted molar refractivity (Wildman–Crippen MR) is 134 cm³/mol. The van der Waals surface area contributed by atoms with Gasteiger partial charge in [-0.2, -0.15) is 0 Å². The second-order valence-electron chi connectivity index (χ2n) is 8.70. The third-order valence-corrected chi connectivity index (χ3v) is 5.99. The number of nitrogens with one attached hydrogen (secondary N) is 1. The summed E-state index contributed by atoms with van der Waals surface area (Å²) in [5, 5.41) is 3.18. The summed E-state index contributed by atoms with van der Waals surface area (Å²) in [6.45, 7) is 11.5. The Morgan fingerprint density at radius 2 is 1.91 bits per heavy atom. The molecule has 0 radical (unpaired) electrons. The van der Waals surface area contributed by atoms with Gasteiger partial charge < -0.3 is 19.4 Å². The normalized spacial score (nSPS) is 12.2. The highest BCUT2D eigenvalue weighted by atomic mass is 19.1. The van der Waals surface area contributed by atoms with Crippen LogP contribution in [-0.4, -0.2) is 48.6 Å². The zero-order valence-electron chi connectivity index (χ0n) is 20.6. The number of imidazole rings is 1. The van der Waals surface area contributed by atoms with E-state index in [1.54, 1.807) is 6.07 Å². The lowest BCUT2D eigenvalue weighted by Gasteiger charge is -2.17. The van der Waals surface area contributed by atoms with E-state index in [4.69, 9.17) is 4.74 Å². The summed E-state index contributed by atoms with van der Waals surface area (Å²) in [6.07, 6.45) is 3.52. The number of ether oxygens (including phenoxy) is 1. The van der Waals surface area contributed by atoms with Crippen molar-refractivity contribution >= 4 is 5.65 Å². The lowest BCUT2D eigenvalue weighted by molar-refractivity contribution is 0.321. The number of rotatable bonds is 10. The quantitative estimate of drug-likeness (QED) is 0.421. The number of likely N-dealkylation sites (N-methyl/N-ethyl adjacent to an activating group) is 1. The summed E-state index contributed by atoms with van der Waals surface area (Å²) in [6, 6.07) is 8.79. The Morgan fingerprint density at radius 3 is 2.58 bits per heavy atom. The van der Waals surface area contributed by atoms with Gasteiger partial charge in [0.2, 0.25) is 0 Å². The number of hydrogen-bond acceptors (Lipinski definition) is 4. The lowest BCUT2D eigenvalue weighted by atomic mass is 10.0. The Labute approximate surface area is 196 Å². The zero-order valence-corrected chi connectivity index (χ0v) is 20.6. The van der Waals surface area contributed by atoms with Crippen LogP contribution < -0.4 is 10.1 Å². The summed E-state index contributed by atoms with van der Waals surface area (Å²) >= 11 is 0. The number of benzene rings is 1. The van der Waals surface area contributed by atoms with Crippen LogP contribution in [0.25, 0.3) is 16.8 Å². The number of halogens is 1. The molecule has 3 aromatic rings. The molecule has 0 unspecified atom stereocenters. The van der Waals surface area contributed by atoms with Crippen LogP contribution in [0, 0.1) is 12.7 Å². The van der Waals surface area contributed by atoms with Crippen molar-refractivity contribution < 1.29 is 9.13 Å². The van der Waals surface area contributed by atoms with E-state index in [1.807, 2.05) is 39.2 Å². The first kappa shape index (κ1) is 24.5. The molecule has 0 saturated heterocycles. The molecule has 176 valence electrons. The van der Waals surface area contributed by atoms with E-state index >= 15 is 0 Å². The van der Waals surface area contributed by atoms with Crippen molar-refractivity contribution in [1.29, 1.82) is 0 Å². The average molecular weight is 451 g/mol. The Morgan fingerprint density at radius 1 is 1.18 bits per heavy atom. The lowest BCUT2D eigenvalue weighted by Crippen LogP contribution is -2.16. The van der Waals surface area contributed by atoms with Gasteiger partial charge in [-0.15, -0.1) is 0 Å². The van der Waals surface area contributed by atoms with Crippen molar-refractivity contribution in [1.82, 2.24) is 19.6 Å². The van der Waals surface area contributed by atoms with Crippen molar-refractivity contribution in [2.75, 3.05) is 34.3 Å². The van der Waals surface area contributed by atoms with E-state index in [0.29, 0.717) is 18.8 Å². The van der Waals surface area contributed by atoms with Gasteiger partial charge in [-0.1, -0.05) is 12.2 Å². The fourth-order valence-corrected chi connectivity index (χ4v) is 4.08. The first-order chi connectivity index (χ1) is 15.7. The number of pyridine rings is 1. The van der Waals surface area contributed by atoms with Gasteiger partial charge in [0, 0.05) is 66.9 Å². The van der Waals surface area contributed by atoms with E-state index in [0.717, 1.165) is 58.0 Å². The Hall–Kier alpha value is -3.12. The monoisotopic (exact) mass is 450 g/mol. The smallest absolute Gasteiger partial charge is 0.137 e. The van der Waals surface area contributed by atoms with Gasteiger partial charge >= 0.3 is 0 Å². The van der Waals surface area contributed by atoms with Gasteiger partial charge in [-0.3, -0.25) is 0 Å². The highest BCUT2D eigenvalue weighted by molar-refractivity contribution is 5.74. The highest BCUT2D eigenvalue weighted by Gasteiger charge is 2.15. The van der Waals surface area contributed by atoms with Crippen molar-refractivity contribution in [3.8, 4) is 16.9 Å². The first-order valence-corrected chi connectivity index (χ1v) is 11.3. The van der Waals surface area contributed by atoms with Crippen LogP contribution >= 0.6 is 0 Å². The molecule has 0 bridgehead atoms. The fraction of sp³-hybridized carbons (Fsp3) is 0.370. The van der Waals surface area contributed by atoms with Gasteiger partial charge in [-0.05, 0) is 64.7 Å². The molecule has 2 aromatic heterocycles. The molecule has 3 rings (SSSR count). The van der Waals surface area contributed by atoms with Crippen LogP contribution in [0.5, 0.6) is 5.75 Å². The molecule has 0 aliphatic rings. The summed E-state index contributed by atoms with van der Waals surface area (Å²) in [5.41, 5.74) is 8.18. The van der Waals surface area contributed by atoms with Gasteiger partial charge in [0.25, 0.3) is 0 Å². The van der Waals surface area contributed by atoms with Gasteiger partial charge in [0.15, 0.2) is 0 Å². The summed E-state index contributed by atoms with van der Waals surface area (Å²) in [4.78, 5) is 6.73. The molecule has 0 saturated carbocycles. The topological polar surface area (TPSA) is 41.8 Å². The SMILES string of the molecule is C=C(C)/C(CCOc1cc(F)ccc1-c1ccc2ncc(CCN(C)C)n2c1C)=C(/C)NC. The molecule has 33 heavy (non-hydrogen) atoms. The Kier molecular flexibility index (Phi) is 7.92. The van der Waals surface area contributed by atoms with Crippen LogP contribution in [0.3, 0.4) is 0 Å². The molecule has 0 amide bonds. The summed E-state index contributed by atoms with van der Waals surface area (Å²) in [5.74, 6) is 0.222. The minimum Gasteiger partial charge on any atom is -0.492 e. The molecule has 2 heterocycles. The Bertz CT molecular complexity index is 1180. The molecular formula is C27H35FN4O. The molecule has 0 aliphatic carbocycles. The van der Waals surface area contributed by atoms with Gasteiger partial charge in [-0.25, -0.2) is 9.37 Å². The maximum absolute atomic E-state index is 14.2. The van der Waals surface area contributed by atoms with E-state index in [2.05, 4.69) is 47.2 Å². The zero-order chi connectivity index (χ0) is 24.1. The minimum atomic E-state index is -0.316. The standard InChI is InChI=1S/C27H35FN4O/c1-18(2)23(19(3)29-5)13-15-33-26-16-21(28)8-9-25(26)24-10-11-27-30-17-22(12-14-31(6)7)32(27)20(24)4/h8-11,16-17,29H,1,12-15H2,2-7H3/b23-19-. The number of allylic oxidation sites excluding steroid dienone is 2. The second-order valence-corrected chi connectivity index (χ2v) is 8.70. The van der Waals surface area contributed by atoms with Crippen LogP contribution in [0.15, 0.2) is 60.0 Å². The second kappa shape index (κ2) is 10.7. The summed E-state index contributed by atoms with van der Waals surface area (Å²) < 4.78 is 22.5. The Balaban J connectivity index is 1.95. The van der Waals surface area contributed by atoms with Crippen molar-refractivity contribution in [3.05, 3.63) is 77.2 Å². The largest absolute Gasteiger partial charge is 0.492 e. The van der Waals surface area contributed by atoms with E-state index in [1.165, 1.54) is 12.1 Å². The van der Waals surface area contributed by atoms with Crippen molar-refractivity contribution in [2.45, 2.75) is 33.6 Å². The molecular weight excluding hydrogens is 415 g/mol. The van der Waals surface area contributed by atoms with Crippen LogP contribution in [-0.2, 0) is 6.42 Å². The van der Waals surface area contributed by atoms with E-state index < -0.39 is 0 Å². The third kappa shape index (κ3) is 5.63. The maximum Gasteiger partial charge on any atom is 0.137 e. The molecule has 5 nitrogen and oxygen atoms in total. The van der Waals surface area contributed by atoms with Gasteiger partial charge in [0.05, 0.1) is 6.61 Å². The van der Waals surface area contributed by atoms with Crippen molar-refractivity contribution in [3.63, 3.8) is 0 Å². The van der Waals surface area contributed by atoms with Crippen LogP contribution in [0.2, 0.25) is 0 Å². The number of aromatic nitrogens is 2. The molecule has 6 heteroatoms. The van der Waals surface area contributed by atoms with Crippen LogP contribution in [0.1, 0.15) is 31.7 Å². The highest BCUT2D eigenvalue weighted by Crippen LogP contribution is 2.34. The van der Waals surface area contributed by atoms with E-state index in [-0.39, 0.29) is 5.82 Å². The summed E-state index contributed by atoms with van der Waals surface area (Å²) in [7, 11) is 6.03. The third-order valence-electron chi connectivity index (χ3n) is 5.99. The number of fused-ring (bicyclic) bond motifs is 1. The molecule has 1 N–H and O–H groups in total. The molecule has 0 fully saturated rings. The number of nitrogens with zero attached hydrogens (tertiary/aromatic N) is 3. The minimum absolute atomic E-state index is 0.316. The van der Waals surface area contributed by atoms with E-state index in [9.17, 15) is 4.39 Å². The number of hydrogen-bond donors (Lipinski definition) is 1.